The topological polar surface area (TPSA) is 126 Å². The number of nitrogens with zero attached hydrogens (tertiary/aromatic N) is 2. The number of non-ortho nitro benzene ring substituents is 1. The first-order valence-corrected chi connectivity index (χ1v) is 9.95. The van der Waals surface area contributed by atoms with Crippen LogP contribution in [0.1, 0.15) is 24.1 Å². The lowest BCUT2D eigenvalue weighted by molar-refractivity contribution is -0.384. The van der Waals surface area contributed by atoms with Gasteiger partial charge in [0.25, 0.3) is 11.6 Å². The molecule has 0 aliphatic carbocycles. The highest BCUT2D eigenvalue weighted by atomic mass is 16.6. The quantitative estimate of drug-likeness (QED) is 0.431. The van der Waals surface area contributed by atoms with E-state index < -0.39 is 28.4 Å². The number of ether oxygens (including phenoxy) is 1. The van der Waals surface area contributed by atoms with Crippen molar-refractivity contribution < 1.29 is 24.4 Å². The average molecular weight is 435 g/mol. The van der Waals surface area contributed by atoms with E-state index in [-0.39, 0.29) is 17.8 Å². The minimum absolute atomic E-state index is 0.0592. The Labute approximate surface area is 183 Å². The maximum atomic E-state index is 12.9. The molecule has 0 fully saturated rings. The van der Waals surface area contributed by atoms with Gasteiger partial charge in [0.15, 0.2) is 11.5 Å². The van der Waals surface area contributed by atoms with Crippen LogP contribution in [-0.2, 0) is 16.0 Å². The van der Waals surface area contributed by atoms with Crippen molar-refractivity contribution in [3.05, 3.63) is 81.2 Å². The maximum Gasteiger partial charge on any atom is 0.290 e. The number of aromatic amines is 1. The molecule has 2 aromatic carbocycles. The van der Waals surface area contributed by atoms with Crippen LogP contribution in [0.2, 0.25) is 0 Å². The molecule has 0 saturated heterocycles. The van der Waals surface area contributed by atoms with Gasteiger partial charge in [0.1, 0.15) is 5.75 Å². The summed E-state index contributed by atoms with van der Waals surface area (Å²) in [6.07, 6.45) is 2.27. The third-order valence-electron chi connectivity index (χ3n) is 5.68. The number of amides is 1. The Kier molecular flexibility index (Phi) is 5.40. The van der Waals surface area contributed by atoms with E-state index in [4.69, 9.17) is 4.74 Å². The number of nitro benzene ring substituents is 1. The van der Waals surface area contributed by atoms with Crippen molar-refractivity contribution in [2.45, 2.75) is 19.4 Å². The van der Waals surface area contributed by atoms with Crippen LogP contribution in [0.3, 0.4) is 0 Å². The van der Waals surface area contributed by atoms with Crippen molar-refractivity contribution in [1.82, 2.24) is 9.88 Å². The highest BCUT2D eigenvalue weighted by Crippen LogP contribution is 2.39. The molecular weight excluding hydrogens is 414 g/mol. The molecular formula is C23H21N3O6. The number of aliphatic hydroxyl groups is 1. The molecule has 9 heteroatoms. The summed E-state index contributed by atoms with van der Waals surface area (Å²) in [5.74, 6) is -1.06. The minimum atomic E-state index is -0.903. The predicted molar refractivity (Wildman–Crippen MR) is 116 cm³/mol. The van der Waals surface area contributed by atoms with Gasteiger partial charge in [0, 0.05) is 35.8 Å². The van der Waals surface area contributed by atoms with Gasteiger partial charge < -0.3 is 19.7 Å². The fraction of sp³-hybridized carbons (Fsp3) is 0.217. The molecule has 1 aliphatic heterocycles. The van der Waals surface area contributed by atoms with E-state index in [1.807, 2.05) is 24.4 Å². The van der Waals surface area contributed by atoms with Gasteiger partial charge in [-0.3, -0.25) is 19.7 Å². The molecule has 0 spiro atoms. The van der Waals surface area contributed by atoms with E-state index in [1.165, 1.54) is 30.0 Å². The number of carbonyl (C=O) groups excluding carboxylic acids is 2. The lowest BCUT2D eigenvalue weighted by Crippen LogP contribution is -2.32. The van der Waals surface area contributed by atoms with Crippen LogP contribution < -0.4 is 4.74 Å². The summed E-state index contributed by atoms with van der Waals surface area (Å²) < 4.78 is 5.29. The Morgan fingerprint density at radius 1 is 1.28 bits per heavy atom. The number of fused-ring (bicyclic) bond motifs is 1. The molecule has 4 rings (SSSR count). The van der Waals surface area contributed by atoms with E-state index in [0.29, 0.717) is 17.7 Å². The third-order valence-corrected chi connectivity index (χ3v) is 5.68. The fourth-order valence-corrected chi connectivity index (χ4v) is 4.13. The lowest BCUT2D eigenvalue weighted by atomic mass is 9.96. The number of aliphatic hydroxyl groups excluding tert-OH is 1. The molecule has 32 heavy (non-hydrogen) atoms. The average Bonchev–Trinajstić information content (AvgIpc) is 3.30. The fourth-order valence-electron chi connectivity index (χ4n) is 4.13. The molecule has 1 aliphatic rings. The Bertz CT molecular complexity index is 1280. The molecule has 2 N–H and O–H groups in total. The van der Waals surface area contributed by atoms with Gasteiger partial charge in [-0.15, -0.1) is 0 Å². The number of aromatic nitrogens is 1. The number of benzene rings is 2. The Hall–Kier alpha value is -4.14. The number of carbonyl (C=O) groups is 2. The summed E-state index contributed by atoms with van der Waals surface area (Å²) in [5.41, 5.74) is 2.01. The second kappa shape index (κ2) is 8.18. The van der Waals surface area contributed by atoms with Crippen LogP contribution in [0.4, 0.5) is 5.69 Å². The molecule has 1 amide bonds. The molecule has 1 unspecified atom stereocenters. The zero-order chi connectivity index (χ0) is 23.0. The minimum Gasteiger partial charge on any atom is -0.503 e. The van der Waals surface area contributed by atoms with Crippen LogP contribution in [0.5, 0.6) is 5.75 Å². The van der Waals surface area contributed by atoms with Gasteiger partial charge in [0.2, 0.25) is 0 Å². The summed E-state index contributed by atoms with van der Waals surface area (Å²) in [5, 5.41) is 22.6. The first kappa shape index (κ1) is 21.1. The summed E-state index contributed by atoms with van der Waals surface area (Å²) in [4.78, 5) is 40.4. The van der Waals surface area contributed by atoms with Crippen LogP contribution in [0.15, 0.2) is 60.0 Å². The van der Waals surface area contributed by atoms with Gasteiger partial charge in [-0.05, 0) is 42.7 Å². The molecule has 2 heterocycles. The SMILES string of the molecule is COc1ccc2[nH]cc(CCN3C(=O)C(O)=C(C(C)=O)C3c3cccc([N+](=O)[O-])c3)c2c1. The van der Waals surface area contributed by atoms with Crippen molar-refractivity contribution in [1.29, 1.82) is 0 Å². The summed E-state index contributed by atoms with van der Waals surface area (Å²) in [6.45, 7) is 1.45. The molecule has 0 radical (unpaired) electrons. The Balaban J connectivity index is 1.69. The van der Waals surface area contributed by atoms with Crippen molar-refractivity contribution in [2.75, 3.05) is 13.7 Å². The summed E-state index contributed by atoms with van der Waals surface area (Å²) >= 11 is 0. The number of H-pyrrole nitrogens is 1. The second-order valence-corrected chi connectivity index (χ2v) is 7.55. The van der Waals surface area contributed by atoms with Gasteiger partial charge in [0.05, 0.1) is 23.6 Å². The second-order valence-electron chi connectivity index (χ2n) is 7.55. The van der Waals surface area contributed by atoms with Crippen molar-refractivity contribution in [3.8, 4) is 5.75 Å². The van der Waals surface area contributed by atoms with E-state index in [0.717, 1.165) is 16.5 Å². The maximum absolute atomic E-state index is 12.9. The van der Waals surface area contributed by atoms with E-state index in [1.54, 1.807) is 13.2 Å². The molecule has 164 valence electrons. The smallest absolute Gasteiger partial charge is 0.290 e. The number of hydrogen-bond donors (Lipinski definition) is 2. The molecule has 1 atom stereocenters. The number of Topliss-reactive ketones (excluding diaryl/α,β-unsaturated/α-hetero) is 1. The van der Waals surface area contributed by atoms with Crippen LogP contribution in [0.25, 0.3) is 10.9 Å². The van der Waals surface area contributed by atoms with Gasteiger partial charge in [-0.1, -0.05) is 12.1 Å². The first-order valence-electron chi connectivity index (χ1n) is 9.95. The van der Waals surface area contributed by atoms with Crippen LogP contribution >= 0.6 is 0 Å². The monoisotopic (exact) mass is 435 g/mol. The first-order chi connectivity index (χ1) is 15.3. The van der Waals surface area contributed by atoms with Crippen molar-refractivity contribution >= 4 is 28.3 Å². The third kappa shape index (κ3) is 3.58. The van der Waals surface area contributed by atoms with Gasteiger partial charge in [-0.25, -0.2) is 0 Å². The number of nitrogens with one attached hydrogen (secondary N) is 1. The zero-order valence-corrected chi connectivity index (χ0v) is 17.5. The highest BCUT2D eigenvalue weighted by Gasteiger charge is 2.42. The lowest BCUT2D eigenvalue weighted by Gasteiger charge is -2.26. The van der Waals surface area contributed by atoms with Crippen LogP contribution in [-0.4, -0.2) is 45.3 Å². The Morgan fingerprint density at radius 3 is 2.75 bits per heavy atom. The van der Waals surface area contributed by atoms with Crippen LogP contribution in [0, 0.1) is 10.1 Å². The molecule has 0 saturated carbocycles. The summed E-state index contributed by atoms with van der Waals surface area (Å²) in [6, 6.07) is 10.5. The van der Waals surface area contributed by atoms with Gasteiger partial charge in [-0.2, -0.15) is 0 Å². The van der Waals surface area contributed by atoms with E-state index >= 15 is 0 Å². The van der Waals surface area contributed by atoms with E-state index in [9.17, 15) is 24.8 Å². The largest absolute Gasteiger partial charge is 0.503 e. The zero-order valence-electron chi connectivity index (χ0n) is 17.5. The van der Waals surface area contributed by atoms with Gasteiger partial charge >= 0.3 is 0 Å². The number of methoxy groups -OCH3 is 1. The molecule has 9 nitrogen and oxygen atoms in total. The summed E-state index contributed by atoms with van der Waals surface area (Å²) in [7, 11) is 1.58. The van der Waals surface area contributed by atoms with Crippen molar-refractivity contribution in [3.63, 3.8) is 0 Å². The molecule has 3 aromatic rings. The predicted octanol–water partition coefficient (Wildman–Crippen LogP) is 3.61. The van der Waals surface area contributed by atoms with Crippen molar-refractivity contribution in [2.24, 2.45) is 0 Å². The molecule has 0 bridgehead atoms. The van der Waals surface area contributed by atoms with E-state index in [2.05, 4.69) is 4.98 Å². The Morgan fingerprint density at radius 2 is 2.06 bits per heavy atom. The standard InChI is InChI=1S/C23H21N3O6/c1-13(27)20-21(14-4-3-5-16(10-14)26(30)31)25(23(29)22(20)28)9-8-15-12-24-19-7-6-17(32-2)11-18(15)19/h3-7,10-12,21,24,28H,8-9H2,1-2H3. The number of ketones is 1. The number of nitro groups is 1. The highest BCUT2D eigenvalue weighted by molar-refractivity contribution is 6.08. The normalized spacial score (nSPS) is 16.1. The number of hydrogen-bond acceptors (Lipinski definition) is 6. The number of rotatable bonds is 7. The molecule has 1 aromatic heterocycles.